The topological polar surface area (TPSA) is 37.3 Å². The summed E-state index contributed by atoms with van der Waals surface area (Å²) >= 11 is 6.13. The molecule has 26 heavy (non-hydrogen) atoms. The van der Waals surface area contributed by atoms with Gasteiger partial charge >= 0.3 is 5.97 Å². The van der Waals surface area contributed by atoms with E-state index in [1.807, 2.05) is 0 Å². The van der Waals surface area contributed by atoms with Crippen LogP contribution in [-0.2, 0) is 4.79 Å². The van der Waals surface area contributed by atoms with Crippen molar-refractivity contribution >= 4 is 17.6 Å². The predicted octanol–water partition coefficient (Wildman–Crippen LogP) is 8.50. The average molecular weight is 389 g/mol. The van der Waals surface area contributed by atoms with Crippen LogP contribution in [0, 0.1) is 0 Å². The second-order valence-corrected chi connectivity index (χ2v) is 8.57. The van der Waals surface area contributed by atoms with Crippen LogP contribution >= 0.6 is 11.6 Å². The molecule has 0 rings (SSSR count). The molecule has 2 nitrogen and oxygen atoms in total. The first kappa shape index (κ1) is 25.8. The largest absolute Gasteiger partial charge is 0.481 e. The van der Waals surface area contributed by atoms with E-state index in [9.17, 15) is 4.79 Å². The Morgan fingerprint density at radius 1 is 0.654 bits per heavy atom. The lowest BCUT2D eigenvalue weighted by Crippen LogP contribution is -1.95. The Morgan fingerprint density at radius 3 is 1.27 bits per heavy atom. The molecule has 0 spiro atoms. The van der Waals surface area contributed by atoms with Gasteiger partial charge in [0.2, 0.25) is 0 Å². The number of halogens is 1. The van der Waals surface area contributed by atoms with Crippen molar-refractivity contribution in [3.63, 3.8) is 0 Å². The maximum absolute atomic E-state index is 10.4. The molecule has 1 atom stereocenters. The number of alkyl halides is 1. The molecule has 1 N–H and O–H groups in total. The molecule has 0 radical (unpaired) electrons. The van der Waals surface area contributed by atoms with Gasteiger partial charge in [0.05, 0.1) is 0 Å². The fourth-order valence-corrected chi connectivity index (χ4v) is 3.65. The molecule has 0 fully saturated rings. The fraction of sp³-hybridized carbons (Fsp3) is 0.957. The fourth-order valence-electron chi connectivity index (χ4n) is 3.50. The van der Waals surface area contributed by atoms with Gasteiger partial charge in [-0.25, -0.2) is 0 Å². The molecule has 0 aliphatic rings. The zero-order chi connectivity index (χ0) is 19.3. The SMILES string of the molecule is CCC(Cl)CCCCCCCCCCCCCCCCCCCC(=O)O. The van der Waals surface area contributed by atoms with E-state index < -0.39 is 5.97 Å². The molecule has 0 heterocycles. The lowest BCUT2D eigenvalue weighted by molar-refractivity contribution is -0.137. The van der Waals surface area contributed by atoms with Crippen LogP contribution in [0.1, 0.15) is 135 Å². The van der Waals surface area contributed by atoms with E-state index in [0.717, 1.165) is 19.3 Å². The lowest BCUT2D eigenvalue weighted by Gasteiger charge is -2.06. The maximum atomic E-state index is 10.4. The monoisotopic (exact) mass is 388 g/mol. The Kier molecular flexibility index (Phi) is 20.9. The minimum Gasteiger partial charge on any atom is -0.481 e. The minimum absolute atomic E-state index is 0.341. The van der Waals surface area contributed by atoms with E-state index in [0.29, 0.717) is 11.8 Å². The number of aliphatic carboxylic acids is 1. The summed E-state index contributed by atoms with van der Waals surface area (Å²) in [5.41, 5.74) is 0. The molecule has 0 bridgehead atoms. The first-order valence-electron chi connectivity index (χ1n) is 11.5. The van der Waals surface area contributed by atoms with Crippen LogP contribution in [0.25, 0.3) is 0 Å². The van der Waals surface area contributed by atoms with Gasteiger partial charge in [-0.05, 0) is 19.3 Å². The Bertz CT molecular complexity index is 294. The third-order valence-electron chi connectivity index (χ3n) is 5.35. The van der Waals surface area contributed by atoms with Crippen molar-refractivity contribution in [2.24, 2.45) is 0 Å². The molecule has 0 saturated heterocycles. The Morgan fingerprint density at radius 2 is 0.962 bits per heavy atom. The van der Waals surface area contributed by atoms with E-state index in [4.69, 9.17) is 16.7 Å². The van der Waals surface area contributed by atoms with Crippen LogP contribution < -0.4 is 0 Å². The van der Waals surface area contributed by atoms with Crippen LogP contribution in [0.15, 0.2) is 0 Å². The van der Waals surface area contributed by atoms with E-state index in [1.54, 1.807) is 0 Å². The molecule has 1 unspecified atom stereocenters. The van der Waals surface area contributed by atoms with Gasteiger partial charge in [-0.3, -0.25) is 4.79 Å². The van der Waals surface area contributed by atoms with Gasteiger partial charge in [-0.2, -0.15) is 0 Å². The number of carboxylic acids is 1. The molecule has 0 aliphatic heterocycles. The summed E-state index contributed by atoms with van der Waals surface area (Å²) in [5, 5.41) is 8.97. The van der Waals surface area contributed by atoms with Crippen LogP contribution in [-0.4, -0.2) is 16.5 Å². The predicted molar refractivity (Wildman–Crippen MR) is 115 cm³/mol. The molecule has 0 aromatic rings. The standard InChI is InChI=1S/C23H45ClO2/c1-2-22(24)20-18-16-14-12-10-8-6-4-3-5-7-9-11-13-15-17-19-21-23(25)26/h22H,2-21H2,1H3,(H,25,26). The zero-order valence-electron chi connectivity index (χ0n) is 17.5. The summed E-state index contributed by atoms with van der Waals surface area (Å²) in [4.78, 5) is 10.4. The zero-order valence-corrected chi connectivity index (χ0v) is 18.2. The van der Waals surface area contributed by atoms with E-state index in [-0.39, 0.29) is 0 Å². The van der Waals surface area contributed by atoms with Gasteiger partial charge in [-0.1, -0.05) is 110 Å². The minimum atomic E-state index is -0.655. The van der Waals surface area contributed by atoms with Crippen LogP contribution in [0.5, 0.6) is 0 Å². The third-order valence-corrected chi connectivity index (χ3v) is 5.88. The first-order chi connectivity index (χ1) is 12.7. The van der Waals surface area contributed by atoms with Gasteiger partial charge < -0.3 is 5.11 Å². The van der Waals surface area contributed by atoms with Crippen molar-refractivity contribution < 1.29 is 9.90 Å². The summed E-state index contributed by atoms with van der Waals surface area (Å²) in [7, 11) is 0. The number of hydrogen-bond acceptors (Lipinski definition) is 1. The highest BCUT2D eigenvalue weighted by Crippen LogP contribution is 2.16. The number of hydrogen-bond donors (Lipinski definition) is 1. The highest BCUT2D eigenvalue weighted by atomic mass is 35.5. The van der Waals surface area contributed by atoms with Crippen LogP contribution in [0.2, 0.25) is 0 Å². The second-order valence-electron chi connectivity index (χ2n) is 7.95. The Labute approximate surface area is 168 Å². The lowest BCUT2D eigenvalue weighted by atomic mass is 10.0. The number of carbonyl (C=O) groups is 1. The van der Waals surface area contributed by atoms with Gasteiger partial charge in [0.15, 0.2) is 0 Å². The molecule has 156 valence electrons. The van der Waals surface area contributed by atoms with Crippen molar-refractivity contribution in [2.45, 2.75) is 141 Å². The summed E-state index contributed by atoms with van der Waals surface area (Å²) in [6.07, 6.45) is 25.1. The van der Waals surface area contributed by atoms with Gasteiger partial charge in [0.25, 0.3) is 0 Å². The summed E-state index contributed by atoms with van der Waals surface area (Å²) in [5.74, 6) is -0.655. The molecule has 0 aromatic carbocycles. The Hall–Kier alpha value is -0.240. The normalized spacial score (nSPS) is 12.4. The van der Waals surface area contributed by atoms with Crippen molar-refractivity contribution in [3.05, 3.63) is 0 Å². The van der Waals surface area contributed by atoms with Crippen molar-refractivity contribution in [3.8, 4) is 0 Å². The quantitative estimate of drug-likeness (QED) is 0.158. The number of unbranched alkanes of at least 4 members (excludes halogenated alkanes) is 16. The van der Waals surface area contributed by atoms with Gasteiger partial charge in [0.1, 0.15) is 0 Å². The molecule has 0 saturated carbocycles. The Balaban J connectivity index is 3.02. The highest BCUT2D eigenvalue weighted by molar-refractivity contribution is 6.20. The van der Waals surface area contributed by atoms with Gasteiger partial charge in [-0.15, -0.1) is 11.6 Å². The molecule has 3 heteroatoms. The summed E-state index contributed by atoms with van der Waals surface area (Å²) in [6.45, 7) is 2.17. The first-order valence-corrected chi connectivity index (χ1v) is 12.0. The van der Waals surface area contributed by atoms with Crippen molar-refractivity contribution in [1.29, 1.82) is 0 Å². The molecule has 0 aliphatic carbocycles. The van der Waals surface area contributed by atoms with Crippen LogP contribution in [0.3, 0.4) is 0 Å². The number of carboxylic acid groups (broad SMARTS) is 1. The summed E-state index contributed by atoms with van der Waals surface area (Å²) in [6, 6.07) is 0. The van der Waals surface area contributed by atoms with E-state index in [2.05, 4.69) is 6.92 Å². The van der Waals surface area contributed by atoms with Crippen molar-refractivity contribution in [1.82, 2.24) is 0 Å². The molecule has 0 amide bonds. The van der Waals surface area contributed by atoms with Crippen LogP contribution in [0.4, 0.5) is 0 Å². The van der Waals surface area contributed by atoms with Gasteiger partial charge in [0, 0.05) is 11.8 Å². The smallest absolute Gasteiger partial charge is 0.303 e. The summed E-state index contributed by atoms with van der Waals surface area (Å²) < 4.78 is 0. The molecular weight excluding hydrogens is 344 g/mol. The average Bonchev–Trinajstić information content (AvgIpc) is 2.63. The number of rotatable bonds is 21. The van der Waals surface area contributed by atoms with E-state index in [1.165, 1.54) is 103 Å². The highest BCUT2D eigenvalue weighted by Gasteiger charge is 2.00. The van der Waals surface area contributed by atoms with Crippen molar-refractivity contribution in [2.75, 3.05) is 0 Å². The third kappa shape index (κ3) is 21.8. The second kappa shape index (κ2) is 21.1. The van der Waals surface area contributed by atoms with E-state index >= 15 is 0 Å². The molecular formula is C23H45ClO2. The maximum Gasteiger partial charge on any atom is 0.303 e. The molecule has 0 aromatic heterocycles.